The molecule has 1 amide bonds. The molecular weight excluding hydrogens is 386 g/mol. The zero-order valence-corrected chi connectivity index (χ0v) is 17.1. The number of rotatable bonds is 5. The van der Waals surface area contributed by atoms with Gasteiger partial charge in [0.1, 0.15) is 0 Å². The number of nitrogens with zero attached hydrogens (tertiary/aromatic N) is 2. The number of halogens is 1. The fraction of sp³-hybridized carbons (Fsp3) is 0.632. The molecule has 1 unspecified atom stereocenters. The van der Waals surface area contributed by atoms with Crippen molar-refractivity contribution >= 4 is 27.7 Å². The highest BCUT2D eigenvalue weighted by atomic mass is 35.5. The average Bonchev–Trinajstić information content (AvgIpc) is 2.97. The number of piperidine rings is 1. The highest BCUT2D eigenvalue weighted by Crippen LogP contribution is 2.24. The van der Waals surface area contributed by atoms with Gasteiger partial charge in [-0.05, 0) is 37.3 Å². The molecule has 1 aromatic rings. The van der Waals surface area contributed by atoms with Crippen LogP contribution in [0.4, 0.5) is 0 Å². The van der Waals surface area contributed by atoms with E-state index in [0.29, 0.717) is 44.0 Å². The van der Waals surface area contributed by atoms with Crippen LogP contribution < -0.4 is 5.32 Å². The van der Waals surface area contributed by atoms with Crippen molar-refractivity contribution in [3.05, 3.63) is 34.9 Å². The summed E-state index contributed by atoms with van der Waals surface area (Å²) in [5.74, 6) is -0.423. The van der Waals surface area contributed by atoms with Gasteiger partial charge >= 0.3 is 0 Å². The van der Waals surface area contributed by atoms with Crippen LogP contribution in [0.5, 0.6) is 0 Å². The first-order valence-corrected chi connectivity index (χ1v) is 11.5. The van der Waals surface area contributed by atoms with Crippen LogP contribution in [-0.2, 0) is 21.5 Å². The molecule has 1 aromatic carbocycles. The van der Waals surface area contributed by atoms with Gasteiger partial charge in [-0.25, -0.2) is 0 Å². The molecular formula is C19H28ClN3O3S. The number of amides is 1. The Morgan fingerprint density at radius 3 is 2.41 bits per heavy atom. The molecule has 2 aliphatic rings. The molecule has 2 fully saturated rings. The van der Waals surface area contributed by atoms with Gasteiger partial charge in [0, 0.05) is 37.7 Å². The minimum absolute atomic E-state index is 0.106. The van der Waals surface area contributed by atoms with E-state index in [-0.39, 0.29) is 18.4 Å². The van der Waals surface area contributed by atoms with E-state index in [2.05, 4.69) is 5.32 Å². The summed E-state index contributed by atoms with van der Waals surface area (Å²) >= 11 is 6.13. The Balaban J connectivity index is 1.59. The summed E-state index contributed by atoms with van der Waals surface area (Å²) in [4.78, 5) is 12.6. The molecule has 6 nitrogen and oxygen atoms in total. The molecule has 8 heteroatoms. The third-order valence-corrected chi connectivity index (χ3v) is 7.75. The first-order chi connectivity index (χ1) is 13.0. The van der Waals surface area contributed by atoms with Crippen molar-refractivity contribution in [3.63, 3.8) is 0 Å². The summed E-state index contributed by atoms with van der Waals surface area (Å²) in [6, 6.07) is 7.39. The number of carbonyl (C=O) groups is 1. The maximum atomic E-state index is 13.0. The third kappa shape index (κ3) is 5.22. The first kappa shape index (κ1) is 20.6. The van der Waals surface area contributed by atoms with Crippen LogP contribution in [-0.4, -0.2) is 49.1 Å². The molecule has 2 saturated heterocycles. The molecule has 2 heterocycles. The van der Waals surface area contributed by atoms with E-state index in [4.69, 9.17) is 11.6 Å². The Morgan fingerprint density at radius 2 is 1.70 bits per heavy atom. The minimum atomic E-state index is -3.48. The van der Waals surface area contributed by atoms with Gasteiger partial charge < -0.3 is 5.32 Å². The highest BCUT2D eigenvalue weighted by molar-refractivity contribution is 7.86. The monoisotopic (exact) mass is 413 g/mol. The maximum absolute atomic E-state index is 13.0. The van der Waals surface area contributed by atoms with Gasteiger partial charge in [-0.1, -0.05) is 42.6 Å². The molecule has 1 atom stereocenters. The number of hydrogen-bond acceptors (Lipinski definition) is 3. The second-order valence-corrected chi connectivity index (χ2v) is 9.66. The van der Waals surface area contributed by atoms with E-state index in [1.54, 1.807) is 10.4 Å². The quantitative estimate of drug-likeness (QED) is 0.806. The summed E-state index contributed by atoms with van der Waals surface area (Å²) in [6.07, 6.45) is 5.40. The smallest absolute Gasteiger partial charge is 0.281 e. The van der Waals surface area contributed by atoms with Crippen molar-refractivity contribution < 1.29 is 13.2 Å². The van der Waals surface area contributed by atoms with Crippen molar-refractivity contribution in [1.29, 1.82) is 0 Å². The number of nitrogens with one attached hydrogen (secondary N) is 1. The average molecular weight is 414 g/mol. The van der Waals surface area contributed by atoms with Crippen molar-refractivity contribution in [3.8, 4) is 0 Å². The standard InChI is InChI=1S/C19H28ClN3O3S/c20-18-10-4-3-8-16(18)14-21-19(24)17-9-7-13-23(15-17)27(25,26)22-11-5-1-2-6-12-22/h3-4,8,10,17H,1-2,5-7,9,11-15H2,(H,21,24). The summed E-state index contributed by atoms with van der Waals surface area (Å²) < 4.78 is 29.1. The van der Waals surface area contributed by atoms with Gasteiger partial charge in [-0.15, -0.1) is 0 Å². The summed E-state index contributed by atoms with van der Waals surface area (Å²) in [5, 5.41) is 3.53. The fourth-order valence-electron chi connectivity index (χ4n) is 3.77. The molecule has 0 aromatic heterocycles. The van der Waals surface area contributed by atoms with E-state index >= 15 is 0 Å². The molecule has 0 aliphatic carbocycles. The highest BCUT2D eigenvalue weighted by Gasteiger charge is 2.35. The Morgan fingerprint density at radius 1 is 1.04 bits per heavy atom. The molecule has 0 spiro atoms. The molecule has 150 valence electrons. The topological polar surface area (TPSA) is 69.7 Å². The van der Waals surface area contributed by atoms with Crippen LogP contribution in [0.3, 0.4) is 0 Å². The summed E-state index contributed by atoms with van der Waals surface area (Å²) in [7, 11) is -3.48. The number of benzene rings is 1. The van der Waals surface area contributed by atoms with Crippen molar-refractivity contribution in [2.24, 2.45) is 5.92 Å². The van der Waals surface area contributed by atoms with Gasteiger partial charge in [-0.2, -0.15) is 17.0 Å². The van der Waals surface area contributed by atoms with Gasteiger partial charge in [-0.3, -0.25) is 4.79 Å². The maximum Gasteiger partial charge on any atom is 0.281 e. The van der Waals surface area contributed by atoms with Crippen LogP contribution in [0.1, 0.15) is 44.1 Å². The predicted octanol–water partition coefficient (Wildman–Crippen LogP) is 2.79. The largest absolute Gasteiger partial charge is 0.352 e. The third-order valence-electron chi connectivity index (χ3n) is 5.38. The van der Waals surface area contributed by atoms with Crippen LogP contribution in [0.15, 0.2) is 24.3 Å². The lowest BCUT2D eigenvalue weighted by atomic mass is 9.99. The van der Waals surface area contributed by atoms with Gasteiger partial charge in [0.05, 0.1) is 5.92 Å². The lowest BCUT2D eigenvalue weighted by Gasteiger charge is -2.34. The minimum Gasteiger partial charge on any atom is -0.352 e. The van der Waals surface area contributed by atoms with Crippen LogP contribution in [0.2, 0.25) is 5.02 Å². The van der Waals surface area contributed by atoms with Crippen molar-refractivity contribution in [1.82, 2.24) is 13.9 Å². The summed E-state index contributed by atoms with van der Waals surface area (Å²) in [6.45, 7) is 2.28. The normalized spacial score (nSPS) is 22.9. The SMILES string of the molecule is O=C(NCc1ccccc1Cl)C1CCCN(S(=O)(=O)N2CCCCCC2)C1. The van der Waals surface area contributed by atoms with Crippen molar-refractivity contribution in [2.45, 2.75) is 45.1 Å². The molecule has 0 bridgehead atoms. The van der Waals surface area contributed by atoms with E-state index in [9.17, 15) is 13.2 Å². The van der Waals surface area contributed by atoms with Crippen LogP contribution >= 0.6 is 11.6 Å². The van der Waals surface area contributed by atoms with Crippen LogP contribution in [0, 0.1) is 5.92 Å². The first-order valence-electron chi connectivity index (χ1n) is 9.75. The Bertz CT molecular complexity index is 748. The molecule has 2 aliphatic heterocycles. The van der Waals surface area contributed by atoms with E-state index < -0.39 is 10.2 Å². The molecule has 0 radical (unpaired) electrons. The van der Waals surface area contributed by atoms with E-state index in [1.165, 1.54) is 4.31 Å². The summed E-state index contributed by atoms with van der Waals surface area (Å²) in [5.41, 5.74) is 0.859. The van der Waals surface area contributed by atoms with Crippen molar-refractivity contribution in [2.75, 3.05) is 26.2 Å². The fourth-order valence-corrected chi connectivity index (χ4v) is 5.75. The Hall–Kier alpha value is -1.15. The van der Waals surface area contributed by atoms with E-state index in [1.807, 2.05) is 18.2 Å². The van der Waals surface area contributed by atoms with E-state index in [0.717, 1.165) is 31.2 Å². The number of carbonyl (C=O) groups excluding carboxylic acids is 1. The second-order valence-electron chi connectivity index (χ2n) is 7.33. The molecule has 1 N–H and O–H groups in total. The van der Waals surface area contributed by atoms with Crippen LogP contribution in [0.25, 0.3) is 0 Å². The van der Waals surface area contributed by atoms with Gasteiger partial charge in [0.25, 0.3) is 10.2 Å². The molecule has 27 heavy (non-hydrogen) atoms. The van der Waals surface area contributed by atoms with Gasteiger partial charge in [0.2, 0.25) is 5.91 Å². The van der Waals surface area contributed by atoms with Gasteiger partial charge in [0.15, 0.2) is 0 Å². The molecule has 0 saturated carbocycles. The zero-order chi connectivity index (χ0) is 19.3. The zero-order valence-electron chi connectivity index (χ0n) is 15.6. The number of hydrogen-bond donors (Lipinski definition) is 1. The Labute approximate surface area is 167 Å². The predicted molar refractivity (Wildman–Crippen MR) is 107 cm³/mol. The lowest BCUT2D eigenvalue weighted by Crippen LogP contribution is -2.50. The molecule has 3 rings (SSSR count). The Kier molecular flexibility index (Phi) is 7.14. The lowest BCUT2D eigenvalue weighted by molar-refractivity contribution is -0.126. The second kappa shape index (κ2) is 9.37.